The van der Waals surface area contributed by atoms with Crippen LogP contribution in [0.25, 0.3) is 28.2 Å². The Bertz CT molecular complexity index is 1540. The van der Waals surface area contributed by atoms with Crippen LogP contribution < -0.4 is 9.47 Å². The summed E-state index contributed by atoms with van der Waals surface area (Å²) >= 11 is 0. The van der Waals surface area contributed by atoms with E-state index >= 15 is 0 Å². The van der Waals surface area contributed by atoms with Crippen LogP contribution in [0.4, 0.5) is 4.39 Å². The molecule has 0 amide bonds. The maximum Gasteiger partial charge on any atom is 0.232 e. The smallest absolute Gasteiger partial charge is 0.232 e. The molecule has 1 atom stereocenters. The largest absolute Gasteiger partial charge is 0.486 e. The summed E-state index contributed by atoms with van der Waals surface area (Å²) in [6, 6.07) is 12.0. The maximum absolute atomic E-state index is 14.5. The van der Waals surface area contributed by atoms with Crippen molar-refractivity contribution in [1.29, 1.82) is 5.26 Å². The first-order valence-corrected chi connectivity index (χ1v) is 10.5. The molecule has 4 aromatic heterocycles. The zero-order valence-corrected chi connectivity index (χ0v) is 18.7. The molecule has 4 heterocycles. The van der Waals surface area contributed by atoms with Crippen molar-refractivity contribution in [2.24, 2.45) is 0 Å². The number of nitriles is 1. The number of imidazole rings is 1. The van der Waals surface area contributed by atoms with E-state index in [0.29, 0.717) is 34.7 Å². The van der Waals surface area contributed by atoms with Gasteiger partial charge in [-0.05, 0) is 53.7 Å². The number of aromatic nitrogens is 8. The predicted molar refractivity (Wildman–Crippen MR) is 121 cm³/mol. The Hall–Kier alpha value is -4.92. The lowest BCUT2D eigenvalue weighted by Gasteiger charge is -2.15. The molecule has 0 aliphatic rings. The van der Waals surface area contributed by atoms with Crippen molar-refractivity contribution in [3.05, 3.63) is 66.5 Å². The molecule has 0 aliphatic carbocycles. The van der Waals surface area contributed by atoms with Crippen LogP contribution in [0, 0.1) is 17.1 Å². The molecule has 0 N–H and O–H groups in total. The highest BCUT2D eigenvalue weighted by molar-refractivity contribution is 5.72. The summed E-state index contributed by atoms with van der Waals surface area (Å²) in [5.41, 5.74) is 3.23. The molecule has 12 heteroatoms. The molecule has 1 aromatic carbocycles. The van der Waals surface area contributed by atoms with Crippen molar-refractivity contribution in [2.75, 3.05) is 7.11 Å². The lowest BCUT2D eigenvalue weighted by Crippen LogP contribution is -2.20. The van der Waals surface area contributed by atoms with Crippen molar-refractivity contribution in [3.8, 4) is 40.2 Å². The number of pyridine rings is 1. The first-order valence-electron chi connectivity index (χ1n) is 10.5. The van der Waals surface area contributed by atoms with E-state index in [2.05, 4.69) is 31.6 Å². The van der Waals surface area contributed by atoms with Crippen LogP contribution in [0.2, 0.25) is 0 Å². The summed E-state index contributed by atoms with van der Waals surface area (Å²) in [5.74, 6) is -0.196. The summed E-state index contributed by atoms with van der Waals surface area (Å²) in [6.45, 7) is 2.15. The van der Waals surface area contributed by atoms with Crippen molar-refractivity contribution in [1.82, 2.24) is 39.8 Å². The van der Waals surface area contributed by atoms with Gasteiger partial charge in [-0.25, -0.2) is 23.6 Å². The molecule has 35 heavy (non-hydrogen) atoms. The Morgan fingerprint density at radius 1 is 1.17 bits per heavy atom. The monoisotopic (exact) mass is 471 g/mol. The lowest BCUT2D eigenvalue weighted by molar-refractivity contribution is 0.185. The second-order valence-corrected chi connectivity index (χ2v) is 7.59. The summed E-state index contributed by atoms with van der Waals surface area (Å²) in [4.78, 5) is 8.49. The molecule has 0 saturated heterocycles. The van der Waals surface area contributed by atoms with Gasteiger partial charge < -0.3 is 9.47 Å². The van der Waals surface area contributed by atoms with Gasteiger partial charge >= 0.3 is 0 Å². The fourth-order valence-corrected chi connectivity index (χ4v) is 3.66. The second-order valence-electron chi connectivity index (χ2n) is 7.59. The highest BCUT2D eigenvalue weighted by Crippen LogP contribution is 2.30. The summed E-state index contributed by atoms with van der Waals surface area (Å²) < 4.78 is 28.7. The van der Waals surface area contributed by atoms with Gasteiger partial charge in [0, 0.05) is 17.3 Å². The van der Waals surface area contributed by atoms with Crippen LogP contribution in [-0.4, -0.2) is 53.0 Å². The molecule has 5 rings (SSSR count). The zero-order chi connectivity index (χ0) is 24.4. The molecule has 5 aromatic rings. The molecule has 0 fully saturated rings. The quantitative estimate of drug-likeness (QED) is 0.352. The van der Waals surface area contributed by atoms with E-state index < -0.39 is 5.82 Å². The van der Waals surface area contributed by atoms with E-state index in [1.54, 1.807) is 54.2 Å². The van der Waals surface area contributed by atoms with Gasteiger partial charge in [0.1, 0.15) is 24.1 Å². The minimum absolute atomic E-state index is 0.0847. The Morgan fingerprint density at radius 3 is 2.83 bits per heavy atom. The number of tetrazole rings is 1. The topological polar surface area (TPSA) is 129 Å². The van der Waals surface area contributed by atoms with E-state index in [0.717, 1.165) is 0 Å². The third-order valence-electron chi connectivity index (χ3n) is 5.25. The fraction of sp³-hybridized carbons (Fsp3) is 0.174. The van der Waals surface area contributed by atoms with Crippen LogP contribution in [0.1, 0.15) is 12.5 Å². The SMILES string of the molecule is COc1nccc(-c2cnc3ccc(-c4ccc(F)c(OC(C)Cn5cnnn5)c4)nn23)c1C#N. The minimum atomic E-state index is -0.496. The van der Waals surface area contributed by atoms with Gasteiger partial charge in [0.05, 0.1) is 31.2 Å². The normalized spacial score (nSPS) is 11.8. The molecule has 1 unspecified atom stereocenters. The average Bonchev–Trinajstić information content (AvgIpc) is 3.54. The predicted octanol–water partition coefficient (Wildman–Crippen LogP) is 2.93. The third kappa shape index (κ3) is 4.22. The number of nitrogens with zero attached hydrogens (tertiary/aromatic N) is 9. The summed E-state index contributed by atoms with van der Waals surface area (Å²) in [5, 5.41) is 25.3. The van der Waals surface area contributed by atoms with E-state index in [4.69, 9.17) is 14.6 Å². The van der Waals surface area contributed by atoms with E-state index in [1.807, 2.05) is 0 Å². The number of ether oxygens (including phenoxy) is 2. The number of fused-ring (bicyclic) bond motifs is 1. The molecule has 174 valence electrons. The highest BCUT2D eigenvalue weighted by Gasteiger charge is 2.17. The Kier molecular flexibility index (Phi) is 5.72. The Balaban J connectivity index is 1.51. The first-order chi connectivity index (χ1) is 17.1. The first kappa shape index (κ1) is 21.9. The third-order valence-corrected chi connectivity index (χ3v) is 5.25. The van der Waals surface area contributed by atoms with Gasteiger partial charge in [0.25, 0.3) is 0 Å². The fourth-order valence-electron chi connectivity index (χ4n) is 3.66. The lowest BCUT2D eigenvalue weighted by atomic mass is 10.1. The minimum Gasteiger partial charge on any atom is -0.486 e. The number of rotatable bonds is 7. The van der Waals surface area contributed by atoms with Crippen LogP contribution >= 0.6 is 0 Å². The van der Waals surface area contributed by atoms with Crippen molar-refractivity contribution in [3.63, 3.8) is 0 Å². The number of hydrogen-bond acceptors (Lipinski definition) is 9. The maximum atomic E-state index is 14.5. The average molecular weight is 471 g/mol. The Morgan fingerprint density at radius 2 is 2.06 bits per heavy atom. The molecule has 11 nitrogen and oxygen atoms in total. The number of methoxy groups -OCH3 is 1. The molecule has 0 aliphatic heterocycles. The van der Waals surface area contributed by atoms with E-state index in [1.165, 1.54) is 24.2 Å². The molecule has 0 radical (unpaired) electrons. The summed E-state index contributed by atoms with van der Waals surface area (Å²) in [7, 11) is 1.45. The van der Waals surface area contributed by atoms with Gasteiger partial charge in [-0.15, -0.1) is 5.10 Å². The molecule has 0 spiro atoms. The molecular formula is C23H18FN9O2. The van der Waals surface area contributed by atoms with Crippen molar-refractivity contribution < 1.29 is 13.9 Å². The standard InChI is InChI=1S/C23H18FN9O2/c1-14(12-32-13-28-30-31-32)35-21-9-15(3-4-18(21)24)19-5-6-22-27-11-20(33(22)29-19)16-7-8-26-23(34-2)17(16)10-25/h3-9,11,13-14H,12H2,1-2H3. The van der Waals surface area contributed by atoms with Crippen molar-refractivity contribution >= 4 is 5.65 Å². The van der Waals surface area contributed by atoms with Gasteiger partial charge in [0.2, 0.25) is 5.88 Å². The van der Waals surface area contributed by atoms with Gasteiger partial charge in [-0.2, -0.15) is 10.4 Å². The van der Waals surface area contributed by atoms with Gasteiger partial charge in [-0.3, -0.25) is 0 Å². The van der Waals surface area contributed by atoms with Crippen molar-refractivity contribution in [2.45, 2.75) is 19.6 Å². The molecule has 0 bridgehead atoms. The van der Waals surface area contributed by atoms with Gasteiger partial charge in [-0.1, -0.05) is 0 Å². The van der Waals surface area contributed by atoms with Crippen LogP contribution in [0.3, 0.4) is 0 Å². The second kappa shape index (κ2) is 9.14. The van der Waals surface area contributed by atoms with Crippen LogP contribution in [0.5, 0.6) is 11.6 Å². The molecule has 0 saturated carbocycles. The zero-order valence-electron chi connectivity index (χ0n) is 18.7. The number of halogens is 1. The highest BCUT2D eigenvalue weighted by atomic mass is 19.1. The summed E-state index contributed by atoms with van der Waals surface area (Å²) in [6.07, 6.45) is 4.26. The van der Waals surface area contributed by atoms with Gasteiger partial charge in [0.15, 0.2) is 17.2 Å². The molecular weight excluding hydrogens is 453 g/mol. The number of hydrogen-bond donors (Lipinski definition) is 0. The van der Waals surface area contributed by atoms with E-state index in [-0.39, 0.29) is 23.3 Å². The van der Waals surface area contributed by atoms with Crippen LogP contribution in [0.15, 0.2) is 55.1 Å². The van der Waals surface area contributed by atoms with E-state index in [9.17, 15) is 9.65 Å². The Labute approximate surface area is 198 Å². The number of benzene rings is 1. The van der Waals surface area contributed by atoms with Crippen LogP contribution in [-0.2, 0) is 6.54 Å².